The van der Waals surface area contributed by atoms with Gasteiger partial charge in [-0.3, -0.25) is 0 Å². The minimum atomic E-state index is -1.12. The van der Waals surface area contributed by atoms with Gasteiger partial charge in [-0.2, -0.15) is 0 Å². The number of benzene rings is 1. The Bertz CT molecular complexity index is 305. The summed E-state index contributed by atoms with van der Waals surface area (Å²) in [6, 6.07) is 9.33. The van der Waals surface area contributed by atoms with Gasteiger partial charge in [-0.25, -0.2) is 0 Å². The Kier molecular flexibility index (Phi) is 6.15. The lowest BCUT2D eigenvalue weighted by Gasteiger charge is -2.26. The summed E-state index contributed by atoms with van der Waals surface area (Å²) in [6.45, 7) is 3.91. The number of rotatable bonds is 8. The average molecular weight is 239 g/mol. The molecule has 0 spiro atoms. The fraction of sp³-hybridized carbons (Fsp3) is 0.538. The first kappa shape index (κ1) is 14.1. The van der Waals surface area contributed by atoms with Crippen LogP contribution in [0.2, 0.25) is 0 Å². The third-order valence-corrected chi connectivity index (χ3v) is 2.57. The molecule has 96 valence electrons. The molecule has 1 rings (SSSR count). The number of hydrogen-bond acceptors (Lipinski definition) is 4. The van der Waals surface area contributed by atoms with Gasteiger partial charge in [-0.15, -0.1) is 0 Å². The van der Waals surface area contributed by atoms with Crippen LogP contribution in [0, 0.1) is 0 Å². The quantitative estimate of drug-likeness (QED) is 0.661. The van der Waals surface area contributed by atoms with Crippen LogP contribution in [0.5, 0.6) is 0 Å². The molecule has 0 amide bonds. The Hall–Kier alpha value is -0.940. The van der Waals surface area contributed by atoms with Crippen LogP contribution in [0.3, 0.4) is 0 Å². The highest BCUT2D eigenvalue weighted by Gasteiger charge is 2.27. The SMILES string of the molecule is CCOCCOCC(O)(CN)c1ccccc1. The van der Waals surface area contributed by atoms with Crippen molar-refractivity contribution in [2.24, 2.45) is 5.73 Å². The zero-order chi connectivity index (χ0) is 12.6. The maximum atomic E-state index is 10.4. The van der Waals surface area contributed by atoms with E-state index in [9.17, 15) is 5.11 Å². The van der Waals surface area contributed by atoms with E-state index in [2.05, 4.69) is 0 Å². The van der Waals surface area contributed by atoms with Crippen molar-refractivity contribution in [1.82, 2.24) is 0 Å². The minimum absolute atomic E-state index is 0.131. The highest BCUT2D eigenvalue weighted by atomic mass is 16.5. The van der Waals surface area contributed by atoms with Crippen molar-refractivity contribution in [1.29, 1.82) is 0 Å². The molecular weight excluding hydrogens is 218 g/mol. The second kappa shape index (κ2) is 7.40. The van der Waals surface area contributed by atoms with Crippen LogP contribution in [-0.2, 0) is 15.1 Å². The molecule has 0 saturated carbocycles. The molecule has 0 fully saturated rings. The number of aliphatic hydroxyl groups is 1. The van der Waals surface area contributed by atoms with Crippen LogP contribution in [0.1, 0.15) is 12.5 Å². The normalized spacial score (nSPS) is 14.5. The molecule has 1 aromatic rings. The van der Waals surface area contributed by atoms with E-state index in [1.807, 2.05) is 37.3 Å². The largest absolute Gasteiger partial charge is 0.381 e. The van der Waals surface area contributed by atoms with Crippen LogP contribution < -0.4 is 5.73 Å². The number of nitrogens with two attached hydrogens (primary N) is 1. The van der Waals surface area contributed by atoms with Crippen molar-refractivity contribution < 1.29 is 14.6 Å². The van der Waals surface area contributed by atoms with E-state index < -0.39 is 5.60 Å². The van der Waals surface area contributed by atoms with E-state index in [4.69, 9.17) is 15.2 Å². The molecule has 0 bridgehead atoms. The van der Waals surface area contributed by atoms with Gasteiger partial charge in [0.1, 0.15) is 5.60 Å². The summed E-state index contributed by atoms with van der Waals surface area (Å²) >= 11 is 0. The summed E-state index contributed by atoms with van der Waals surface area (Å²) in [5.41, 5.74) is 5.28. The second-order valence-electron chi connectivity index (χ2n) is 3.85. The average Bonchev–Trinajstić information content (AvgIpc) is 2.39. The Balaban J connectivity index is 2.46. The molecule has 0 aliphatic heterocycles. The zero-order valence-electron chi connectivity index (χ0n) is 10.3. The third kappa shape index (κ3) is 4.44. The van der Waals surface area contributed by atoms with Gasteiger partial charge in [0.2, 0.25) is 0 Å². The highest BCUT2D eigenvalue weighted by molar-refractivity contribution is 5.22. The van der Waals surface area contributed by atoms with E-state index in [1.165, 1.54) is 0 Å². The smallest absolute Gasteiger partial charge is 0.125 e. The van der Waals surface area contributed by atoms with E-state index in [-0.39, 0.29) is 13.2 Å². The molecule has 4 heteroatoms. The Labute approximate surface area is 102 Å². The molecule has 1 aromatic carbocycles. The molecule has 0 aromatic heterocycles. The summed E-state index contributed by atoms with van der Waals surface area (Å²) in [5.74, 6) is 0. The van der Waals surface area contributed by atoms with Gasteiger partial charge < -0.3 is 20.3 Å². The molecule has 0 heterocycles. The summed E-state index contributed by atoms with van der Waals surface area (Å²) in [5, 5.41) is 10.4. The first-order valence-electron chi connectivity index (χ1n) is 5.86. The van der Waals surface area contributed by atoms with Gasteiger partial charge in [0.15, 0.2) is 0 Å². The lowest BCUT2D eigenvalue weighted by molar-refractivity contribution is -0.0562. The van der Waals surface area contributed by atoms with Crippen LogP contribution in [-0.4, -0.2) is 38.1 Å². The topological polar surface area (TPSA) is 64.7 Å². The molecule has 17 heavy (non-hydrogen) atoms. The zero-order valence-corrected chi connectivity index (χ0v) is 10.3. The number of hydrogen-bond donors (Lipinski definition) is 2. The molecule has 0 aliphatic rings. The molecule has 0 aliphatic carbocycles. The van der Waals surface area contributed by atoms with Crippen molar-refractivity contribution in [2.45, 2.75) is 12.5 Å². The van der Waals surface area contributed by atoms with Gasteiger partial charge in [0.05, 0.1) is 19.8 Å². The summed E-state index contributed by atoms with van der Waals surface area (Å²) in [4.78, 5) is 0. The van der Waals surface area contributed by atoms with Crippen LogP contribution in [0.4, 0.5) is 0 Å². The van der Waals surface area contributed by atoms with Crippen LogP contribution in [0.25, 0.3) is 0 Å². The third-order valence-electron chi connectivity index (χ3n) is 2.57. The molecule has 1 unspecified atom stereocenters. The van der Waals surface area contributed by atoms with E-state index in [0.717, 1.165) is 5.56 Å². The Morgan fingerprint density at radius 3 is 2.41 bits per heavy atom. The molecule has 0 saturated heterocycles. The van der Waals surface area contributed by atoms with Crippen LogP contribution in [0.15, 0.2) is 30.3 Å². The summed E-state index contributed by atoms with van der Waals surface area (Å²) in [6.07, 6.45) is 0. The van der Waals surface area contributed by atoms with Gasteiger partial charge in [-0.05, 0) is 12.5 Å². The summed E-state index contributed by atoms with van der Waals surface area (Å²) < 4.78 is 10.5. The first-order valence-corrected chi connectivity index (χ1v) is 5.86. The van der Waals surface area contributed by atoms with Crippen molar-refractivity contribution in [3.63, 3.8) is 0 Å². The monoisotopic (exact) mass is 239 g/mol. The highest BCUT2D eigenvalue weighted by Crippen LogP contribution is 2.19. The fourth-order valence-electron chi connectivity index (χ4n) is 1.51. The van der Waals surface area contributed by atoms with E-state index in [1.54, 1.807) is 0 Å². The predicted molar refractivity (Wildman–Crippen MR) is 66.7 cm³/mol. The van der Waals surface area contributed by atoms with Crippen molar-refractivity contribution in [2.75, 3.05) is 33.0 Å². The van der Waals surface area contributed by atoms with Gasteiger partial charge in [-0.1, -0.05) is 30.3 Å². The molecule has 3 N–H and O–H groups in total. The van der Waals surface area contributed by atoms with Crippen molar-refractivity contribution >= 4 is 0 Å². The Morgan fingerprint density at radius 2 is 1.82 bits per heavy atom. The standard InChI is InChI=1S/C13H21NO3/c1-2-16-8-9-17-11-13(15,10-14)12-6-4-3-5-7-12/h3-7,15H,2,8-11,14H2,1H3. The maximum Gasteiger partial charge on any atom is 0.125 e. The van der Waals surface area contributed by atoms with Gasteiger partial charge in [0, 0.05) is 13.2 Å². The second-order valence-corrected chi connectivity index (χ2v) is 3.85. The lowest BCUT2D eigenvalue weighted by Crippen LogP contribution is -2.39. The lowest BCUT2D eigenvalue weighted by atomic mass is 9.95. The molecule has 0 radical (unpaired) electrons. The molecule has 1 atom stereocenters. The van der Waals surface area contributed by atoms with Crippen LogP contribution >= 0.6 is 0 Å². The number of ether oxygens (including phenoxy) is 2. The molecule has 4 nitrogen and oxygen atoms in total. The summed E-state index contributed by atoms with van der Waals surface area (Å²) in [7, 11) is 0. The fourth-order valence-corrected chi connectivity index (χ4v) is 1.51. The van der Waals surface area contributed by atoms with Gasteiger partial charge in [0.25, 0.3) is 0 Å². The Morgan fingerprint density at radius 1 is 1.18 bits per heavy atom. The van der Waals surface area contributed by atoms with E-state index >= 15 is 0 Å². The van der Waals surface area contributed by atoms with Crippen molar-refractivity contribution in [3.8, 4) is 0 Å². The predicted octanol–water partition coefficient (Wildman–Crippen LogP) is 0.886. The first-order chi connectivity index (χ1) is 8.23. The maximum absolute atomic E-state index is 10.4. The van der Waals surface area contributed by atoms with E-state index in [0.29, 0.717) is 19.8 Å². The van der Waals surface area contributed by atoms with Crippen molar-refractivity contribution in [3.05, 3.63) is 35.9 Å². The molecular formula is C13H21NO3. The van der Waals surface area contributed by atoms with Gasteiger partial charge >= 0.3 is 0 Å². The minimum Gasteiger partial charge on any atom is -0.381 e.